The molecule has 0 amide bonds. The van der Waals surface area contributed by atoms with E-state index in [1.165, 1.54) is 4.31 Å². The van der Waals surface area contributed by atoms with Crippen molar-refractivity contribution in [2.45, 2.75) is 51.3 Å². The molecule has 3 heterocycles. The summed E-state index contributed by atoms with van der Waals surface area (Å²) in [7, 11) is -3.44. The van der Waals surface area contributed by atoms with Crippen LogP contribution in [0.5, 0.6) is 0 Å². The van der Waals surface area contributed by atoms with E-state index in [4.69, 9.17) is 4.74 Å². The molecule has 2 fully saturated rings. The van der Waals surface area contributed by atoms with Crippen LogP contribution in [0, 0.1) is 0 Å². The fourth-order valence-corrected chi connectivity index (χ4v) is 4.71. The number of aryl methyl sites for hydroxylation is 1. The summed E-state index contributed by atoms with van der Waals surface area (Å²) in [4.78, 5) is 4.38. The molecule has 2 saturated heterocycles. The van der Waals surface area contributed by atoms with Crippen molar-refractivity contribution in [2.75, 3.05) is 19.7 Å². The van der Waals surface area contributed by atoms with Crippen LogP contribution in [0.4, 0.5) is 0 Å². The van der Waals surface area contributed by atoms with E-state index in [9.17, 15) is 8.42 Å². The summed E-state index contributed by atoms with van der Waals surface area (Å²) in [5.41, 5.74) is 0. The minimum Gasteiger partial charge on any atom is -0.369 e. The van der Waals surface area contributed by atoms with E-state index in [1.807, 2.05) is 17.7 Å². The molecule has 2 aliphatic rings. The fraction of sp³-hybridized carbons (Fsp3) is 0.786. The average Bonchev–Trinajstić information content (AvgIpc) is 3.19. The van der Waals surface area contributed by atoms with Gasteiger partial charge >= 0.3 is 0 Å². The fourth-order valence-electron chi connectivity index (χ4n) is 3.20. The maximum Gasteiger partial charge on any atom is 0.279 e. The zero-order valence-corrected chi connectivity index (χ0v) is 13.8. The van der Waals surface area contributed by atoms with Crippen molar-refractivity contribution in [2.24, 2.45) is 0 Å². The third kappa shape index (κ3) is 3.19. The first-order chi connectivity index (χ1) is 10.6. The molecule has 0 aromatic carbocycles. The monoisotopic (exact) mass is 328 g/mol. The molecule has 3 rings (SSSR count). The predicted octanol–water partition coefficient (Wildman–Crippen LogP) is 1.05. The second-order valence-electron chi connectivity index (χ2n) is 5.84. The molecule has 0 unspecified atom stereocenters. The Bertz CT molecular complexity index is 595. The Balaban J connectivity index is 1.78. The van der Waals surface area contributed by atoms with E-state index in [2.05, 4.69) is 9.71 Å². The van der Waals surface area contributed by atoms with E-state index < -0.39 is 10.2 Å². The van der Waals surface area contributed by atoms with Crippen LogP contribution in [0.2, 0.25) is 0 Å². The SMILES string of the molecule is CCn1ccnc1[C@H]1OCCC[C@@H]1NS(=O)(=O)N1CCCC1. The largest absolute Gasteiger partial charge is 0.369 e. The van der Waals surface area contributed by atoms with Crippen LogP contribution >= 0.6 is 0 Å². The lowest BCUT2D eigenvalue weighted by Gasteiger charge is -2.33. The number of imidazole rings is 1. The highest BCUT2D eigenvalue weighted by atomic mass is 32.2. The lowest BCUT2D eigenvalue weighted by molar-refractivity contribution is -0.0119. The normalized spacial score (nSPS) is 27.3. The van der Waals surface area contributed by atoms with Gasteiger partial charge in [0, 0.05) is 38.6 Å². The quantitative estimate of drug-likeness (QED) is 0.877. The molecule has 1 N–H and O–H groups in total. The highest BCUT2D eigenvalue weighted by Gasteiger charge is 2.36. The van der Waals surface area contributed by atoms with Gasteiger partial charge in [-0.1, -0.05) is 0 Å². The summed E-state index contributed by atoms with van der Waals surface area (Å²) < 4.78 is 37.2. The first kappa shape index (κ1) is 15.9. The highest BCUT2D eigenvalue weighted by Crippen LogP contribution is 2.28. The number of rotatable bonds is 5. The lowest BCUT2D eigenvalue weighted by atomic mass is 10.0. The Hall–Kier alpha value is -0.960. The second kappa shape index (κ2) is 6.66. The number of nitrogens with zero attached hydrogens (tertiary/aromatic N) is 3. The first-order valence-corrected chi connectivity index (χ1v) is 9.46. The predicted molar refractivity (Wildman–Crippen MR) is 82.5 cm³/mol. The Morgan fingerprint density at radius 1 is 1.36 bits per heavy atom. The molecule has 2 aliphatic heterocycles. The van der Waals surface area contributed by atoms with E-state index in [0.717, 1.165) is 38.1 Å². The van der Waals surface area contributed by atoms with Crippen LogP contribution in [-0.4, -0.2) is 48.0 Å². The third-order valence-corrected chi connectivity index (χ3v) is 6.02. The number of hydrogen-bond acceptors (Lipinski definition) is 4. The van der Waals surface area contributed by atoms with Crippen molar-refractivity contribution < 1.29 is 13.2 Å². The topological polar surface area (TPSA) is 76.5 Å². The molecule has 0 saturated carbocycles. The van der Waals surface area contributed by atoms with Gasteiger partial charge in [-0.2, -0.15) is 17.4 Å². The molecule has 0 aliphatic carbocycles. The van der Waals surface area contributed by atoms with Crippen molar-refractivity contribution in [1.29, 1.82) is 0 Å². The molecule has 0 radical (unpaired) electrons. The van der Waals surface area contributed by atoms with Gasteiger partial charge in [-0.15, -0.1) is 0 Å². The summed E-state index contributed by atoms with van der Waals surface area (Å²) in [6.07, 6.45) is 6.82. The molecule has 7 nitrogen and oxygen atoms in total. The van der Waals surface area contributed by atoms with Crippen LogP contribution in [-0.2, 0) is 21.5 Å². The van der Waals surface area contributed by atoms with E-state index in [0.29, 0.717) is 19.7 Å². The highest BCUT2D eigenvalue weighted by molar-refractivity contribution is 7.87. The first-order valence-electron chi connectivity index (χ1n) is 8.02. The maximum absolute atomic E-state index is 12.5. The Morgan fingerprint density at radius 3 is 2.86 bits per heavy atom. The van der Waals surface area contributed by atoms with E-state index in [1.54, 1.807) is 6.20 Å². The van der Waals surface area contributed by atoms with Crippen molar-refractivity contribution >= 4 is 10.2 Å². The van der Waals surface area contributed by atoms with Gasteiger partial charge in [-0.05, 0) is 32.6 Å². The molecule has 0 bridgehead atoms. The minimum absolute atomic E-state index is 0.257. The summed E-state index contributed by atoms with van der Waals surface area (Å²) >= 11 is 0. The summed E-state index contributed by atoms with van der Waals surface area (Å²) in [6.45, 7) is 4.69. The van der Waals surface area contributed by atoms with Crippen LogP contribution in [0.3, 0.4) is 0 Å². The van der Waals surface area contributed by atoms with Crippen molar-refractivity contribution in [3.05, 3.63) is 18.2 Å². The Labute approximate surface area is 131 Å². The molecular weight excluding hydrogens is 304 g/mol. The van der Waals surface area contributed by atoms with Gasteiger partial charge in [0.15, 0.2) is 0 Å². The van der Waals surface area contributed by atoms with E-state index in [-0.39, 0.29) is 12.1 Å². The summed E-state index contributed by atoms with van der Waals surface area (Å²) in [5, 5.41) is 0. The van der Waals surface area contributed by atoms with Gasteiger partial charge in [0.25, 0.3) is 10.2 Å². The number of ether oxygens (including phenoxy) is 1. The number of hydrogen-bond donors (Lipinski definition) is 1. The zero-order valence-electron chi connectivity index (χ0n) is 12.9. The third-order valence-electron chi connectivity index (χ3n) is 4.37. The standard InChI is InChI=1S/C14H24N4O3S/c1-2-17-10-7-15-14(17)13-12(6-5-11-21-13)16-22(19,20)18-8-3-4-9-18/h7,10,12-13,16H,2-6,8-9,11H2,1H3/t12-,13-/m0/s1. The molecule has 0 spiro atoms. The van der Waals surface area contributed by atoms with Gasteiger partial charge in [0.05, 0.1) is 6.04 Å². The Morgan fingerprint density at radius 2 is 2.14 bits per heavy atom. The molecular formula is C14H24N4O3S. The van der Waals surface area contributed by atoms with Crippen LogP contribution in [0.15, 0.2) is 12.4 Å². The van der Waals surface area contributed by atoms with Gasteiger partial charge in [-0.3, -0.25) is 0 Å². The smallest absolute Gasteiger partial charge is 0.279 e. The molecule has 22 heavy (non-hydrogen) atoms. The molecule has 2 atom stereocenters. The maximum atomic E-state index is 12.5. The molecule has 124 valence electrons. The van der Waals surface area contributed by atoms with Crippen molar-refractivity contribution in [3.8, 4) is 0 Å². The summed E-state index contributed by atoms with van der Waals surface area (Å²) in [6, 6.07) is -0.257. The second-order valence-corrected chi connectivity index (χ2v) is 7.54. The Kier molecular flexibility index (Phi) is 4.82. The minimum atomic E-state index is -3.44. The average molecular weight is 328 g/mol. The van der Waals surface area contributed by atoms with Crippen LogP contribution in [0.1, 0.15) is 44.5 Å². The van der Waals surface area contributed by atoms with Gasteiger partial charge in [0.1, 0.15) is 11.9 Å². The van der Waals surface area contributed by atoms with Gasteiger partial charge in [-0.25, -0.2) is 4.98 Å². The zero-order chi connectivity index (χ0) is 15.6. The lowest BCUT2D eigenvalue weighted by Crippen LogP contribution is -2.48. The summed E-state index contributed by atoms with van der Waals surface area (Å²) in [5.74, 6) is 0.802. The van der Waals surface area contributed by atoms with Crippen molar-refractivity contribution in [1.82, 2.24) is 18.6 Å². The number of nitrogens with one attached hydrogen (secondary N) is 1. The molecule has 1 aromatic heterocycles. The number of aromatic nitrogens is 2. The molecule has 8 heteroatoms. The van der Waals surface area contributed by atoms with Crippen LogP contribution in [0.25, 0.3) is 0 Å². The van der Waals surface area contributed by atoms with Gasteiger partial charge in [0.2, 0.25) is 0 Å². The van der Waals surface area contributed by atoms with Crippen molar-refractivity contribution in [3.63, 3.8) is 0 Å². The van der Waals surface area contributed by atoms with Gasteiger partial charge < -0.3 is 9.30 Å². The van der Waals surface area contributed by atoms with E-state index >= 15 is 0 Å². The van der Waals surface area contributed by atoms with Crippen LogP contribution < -0.4 is 4.72 Å². The molecule has 1 aromatic rings.